The summed E-state index contributed by atoms with van der Waals surface area (Å²) in [5.74, 6) is -1.36. The molecule has 30 heavy (non-hydrogen) atoms. The number of aromatic hydroxyl groups is 1. The van der Waals surface area contributed by atoms with Gasteiger partial charge < -0.3 is 15.7 Å². The van der Waals surface area contributed by atoms with Crippen LogP contribution in [-0.2, 0) is 19.6 Å². The Kier molecular flexibility index (Phi) is 6.96. The summed E-state index contributed by atoms with van der Waals surface area (Å²) in [5, 5.41) is 15.0. The molecule has 1 aliphatic heterocycles. The SMILES string of the molecule is O=C(CNC(=O)[C@H]1CCCN(S(=O)(=O)c2ccc(Cl)cc2)C1)Nc1cccc(O)c1. The summed E-state index contributed by atoms with van der Waals surface area (Å²) in [5.41, 5.74) is 0.409. The van der Waals surface area contributed by atoms with Crippen LogP contribution in [0.25, 0.3) is 0 Å². The van der Waals surface area contributed by atoms with Crippen LogP contribution in [0, 0.1) is 5.92 Å². The van der Waals surface area contributed by atoms with Gasteiger partial charge in [0.1, 0.15) is 5.75 Å². The molecule has 0 bridgehead atoms. The molecular weight excluding hydrogens is 430 g/mol. The maximum absolute atomic E-state index is 12.8. The average molecular weight is 452 g/mol. The van der Waals surface area contributed by atoms with Gasteiger partial charge in [0.25, 0.3) is 0 Å². The highest BCUT2D eigenvalue weighted by molar-refractivity contribution is 7.89. The van der Waals surface area contributed by atoms with Gasteiger partial charge in [-0.25, -0.2) is 8.42 Å². The number of amides is 2. The molecule has 1 heterocycles. The minimum absolute atomic E-state index is 0.0148. The molecule has 2 aromatic carbocycles. The van der Waals surface area contributed by atoms with Crippen LogP contribution in [0.4, 0.5) is 5.69 Å². The van der Waals surface area contributed by atoms with Crippen molar-refractivity contribution >= 4 is 39.1 Å². The van der Waals surface area contributed by atoms with Crippen LogP contribution < -0.4 is 10.6 Å². The quantitative estimate of drug-likeness (QED) is 0.622. The van der Waals surface area contributed by atoms with Gasteiger partial charge in [0.05, 0.1) is 17.4 Å². The molecule has 1 atom stereocenters. The Hall–Kier alpha value is -2.62. The highest BCUT2D eigenvalue weighted by Crippen LogP contribution is 2.25. The standard InChI is InChI=1S/C20H22ClN3O5S/c21-15-6-8-18(9-7-15)30(28,29)24-10-2-3-14(13-24)20(27)22-12-19(26)23-16-4-1-5-17(25)11-16/h1,4-9,11,14,25H,2-3,10,12-13H2,(H,22,27)(H,23,26)/t14-/m0/s1. The molecule has 3 N–H and O–H groups in total. The zero-order chi connectivity index (χ0) is 21.7. The predicted octanol–water partition coefficient (Wildman–Crippen LogP) is 2.20. The number of phenolic OH excluding ortho intramolecular Hbond substituents is 1. The van der Waals surface area contributed by atoms with Crippen molar-refractivity contribution in [2.24, 2.45) is 5.92 Å². The summed E-state index contributed by atoms with van der Waals surface area (Å²) in [6.07, 6.45) is 1.08. The second kappa shape index (κ2) is 9.46. The second-order valence-electron chi connectivity index (χ2n) is 6.97. The summed E-state index contributed by atoms with van der Waals surface area (Å²) in [7, 11) is -3.73. The lowest BCUT2D eigenvalue weighted by Gasteiger charge is -2.31. The smallest absolute Gasteiger partial charge is 0.243 e. The lowest BCUT2D eigenvalue weighted by atomic mass is 9.99. The van der Waals surface area contributed by atoms with E-state index in [-0.39, 0.29) is 29.6 Å². The number of benzene rings is 2. The fourth-order valence-electron chi connectivity index (χ4n) is 3.23. The summed E-state index contributed by atoms with van der Waals surface area (Å²) < 4.78 is 26.9. The van der Waals surface area contributed by atoms with E-state index in [2.05, 4.69) is 10.6 Å². The van der Waals surface area contributed by atoms with Crippen molar-refractivity contribution in [3.63, 3.8) is 0 Å². The topological polar surface area (TPSA) is 116 Å². The largest absolute Gasteiger partial charge is 0.508 e. The van der Waals surface area contributed by atoms with Crippen molar-refractivity contribution in [2.45, 2.75) is 17.7 Å². The molecule has 0 saturated carbocycles. The maximum Gasteiger partial charge on any atom is 0.243 e. The van der Waals surface area contributed by atoms with Crippen LogP contribution >= 0.6 is 11.6 Å². The number of hydrogen-bond donors (Lipinski definition) is 3. The van der Waals surface area contributed by atoms with E-state index in [1.54, 1.807) is 12.1 Å². The van der Waals surface area contributed by atoms with Crippen LogP contribution in [0.5, 0.6) is 5.75 Å². The van der Waals surface area contributed by atoms with Gasteiger partial charge in [0.15, 0.2) is 0 Å². The fourth-order valence-corrected chi connectivity index (χ4v) is 4.88. The van der Waals surface area contributed by atoms with Gasteiger partial charge >= 0.3 is 0 Å². The number of piperidine rings is 1. The molecule has 3 rings (SSSR count). The molecule has 1 saturated heterocycles. The third-order valence-electron chi connectivity index (χ3n) is 4.76. The average Bonchev–Trinajstić information content (AvgIpc) is 2.72. The van der Waals surface area contributed by atoms with Crippen molar-refractivity contribution in [1.29, 1.82) is 0 Å². The van der Waals surface area contributed by atoms with Gasteiger partial charge in [0.2, 0.25) is 21.8 Å². The molecule has 1 fully saturated rings. The van der Waals surface area contributed by atoms with Gasteiger partial charge in [-0.2, -0.15) is 4.31 Å². The number of anilines is 1. The second-order valence-corrected chi connectivity index (χ2v) is 9.35. The zero-order valence-corrected chi connectivity index (χ0v) is 17.6. The number of nitrogens with zero attached hydrogens (tertiary/aromatic N) is 1. The number of sulfonamides is 1. The van der Waals surface area contributed by atoms with Crippen LogP contribution in [0.15, 0.2) is 53.4 Å². The normalized spacial score (nSPS) is 17.3. The summed E-state index contributed by atoms with van der Waals surface area (Å²) in [6, 6.07) is 12.0. The minimum Gasteiger partial charge on any atom is -0.508 e. The van der Waals surface area contributed by atoms with E-state index in [4.69, 9.17) is 11.6 Å². The van der Waals surface area contributed by atoms with E-state index in [1.807, 2.05) is 0 Å². The monoisotopic (exact) mass is 451 g/mol. The first-order valence-electron chi connectivity index (χ1n) is 9.38. The molecule has 0 aliphatic carbocycles. The van der Waals surface area contributed by atoms with E-state index < -0.39 is 21.8 Å². The van der Waals surface area contributed by atoms with Gasteiger partial charge in [0, 0.05) is 29.9 Å². The lowest BCUT2D eigenvalue weighted by Crippen LogP contribution is -2.46. The van der Waals surface area contributed by atoms with E-state index in [0.717, 1.165) is 0 Å². The van der Waals surface area contributed by atoms with Crippen LogP contribution in [0.2, 0.25) is 5.02 Å². The molecule has 8 nitrogen and oxygen atoms in total. The molecule has 160 valence electrons. The minimum atomic E-state index is -3.73. The van der Waals surface area contributed by atoms with Crippen LogP contribution in [0.1, 0.15) is 12.8 Å². The van der Waals surface area contributed by atoms with Crippen molar-refractivity contribution in [3.8, 4) is 5.75 Å². The Labute approximate surface area is 179 Å². The molecule has 0 radical (unpaired) electrons. The van der Waals surface area contributed by atoms with Crippen LogP contribution in [0.3, 0.4) is 0 Å². The molecular formula is C20H22ClN3O5S. The summed E-state index contributed by atoms with van der Waals surface area (Å²) in [6.45, 7) is 0.118. The lowest BCUT2D eigenvalue weighted by molar-refractivity contribution is -0.128. The maximum atomic E-state index is 12.8. The Morgan fingerprint density at radius 3 is 2.60 bits per heavy atom. The van der Waals surface area contributed by atoms with Crippen molar-refractivity contribution in [2.75, 3.05) is 25.0 Å². The van der Waals surface area contributed by atoms with E-state index >= 15 is 0 Å². The summed E-state index contributed by atoms with van der Waals surface area (Å²) in [4.78, 5) is 24.6. The van der Waals surface area contributed by atoms with Crippen molar-refractivity contribution in [3.05, 3.63) is 53.6 Å². The first-order chi connectivity index (χ1) is 14.3. The summed E-state index contributed by atoms with van der Waals surface area (Å²) >= 11 is 5.82. The van der Waals surface area contributed by atoms with E-state index in [0.29, 0.717) is 30.1 Å². The number of carbonyl (C=O) groups excluding carboxylic acids is 2. The zero-order valence-electron chi connectivity index (χ0n) is 16.0. The van der Waals surface area contributed by atoms with Gasteiger partial charge in [-0.1, -0.05) is 17.7 Å². The Morgan fingerprint density at radius 1 is 1.17 bits per heavy atom. The first kappa shape index (κ1) is 22.1. The van der Waals surface area contributed by atoms with E-state index in [1.165, 1.54) is 40.7 Å². The Balaban J connectivity index is 1.56. The fraction of sp³-hybridized carbons (Fsp3) is 0.300. The molecule has 0 spiro atoms. The Morgan fingerprint density at radius 2 is 1.90 bits per heavy atom. The number of hydrogen-bond acceptors (Lipinski definition) is 5. The molecule has 0 aromatic heterocycles. The molecule has 2 aromatic rings. The number of carbonyl (C=O) groups is 2. The van der Waals surface area contributed by atoms with Gasteiger partial charge in [-0.3, -0.25) is 9.59 Å². The van der Waals surface area contributed by atoms with Gasteiger partial charge in [-0.15, -0.1) is 0 Å². The number of rotatable bonds is 6. The van der Waals surface area contributed by atoms with Crippen molar-refractivity contribution < 1.29 is 23.1 Å². The third-order valence-corrected chi connectivity index (χ3v) is 6.89. The molecule has 10 heteroatoms. The molecule has 1 aliphatic rings. The Bertz CT molecular complexity index is 1030. The molecule has 2 amide bonds. The highest BCUT2D eigenvalue weighted by atomic mass is 35.5. The van der Waals surface area contributed by atoms with Crippen LogP contribution in [-0.4, -0.2) is 49.3 Å². The van der Waals surface area contributed by atoms with E-state index in [9.17, 15) is 23.1 Å². The number of phenols is 1. The van der Waals surface area contributed by atoms with Crippen molar-refractivity contribution in [1.82, 2.24) is 9.62 Å². The predicted molar refractivity (Wildman–Crippen MR) is 113 cm³/mol. The number of nitrogens with one attached hydrogen (secondary N) is 2. The highest BCUT2D eigenvalue weighted by Gasteiger charge is 2.33. The number of halogens is 1. The van der Waals surface area contributed by atoms with Gasteiger partial charge in [-0.05, 0) is 49.2 Å². The molecule has 0 unspecified atom stereocenters. The first-order valence-corrected chi connectivity index (χ1v) is 11.2. The third kappa shape index (κ3) is 5.50.